The van der Waals surface area contributed by atoms with Crippen molar-refractivity contribution >= 4 is 5.91 Å². The predicted octanol–water partition coefficient (Wildman–Crippen LogP) is 3.91. The van der Waals surface area contributed by atoms with Crippen LogP contribution in [0.25, 0.3) is 0 Å². The first-order chi connectivity index (χ1) is 11.0. The molecule has 3 heteroatoms. The zero-order valence-corrected chi connectivity index (χ0v) is 15.1. The van der Waals surface area contributed by atoms with Crippen molar-refractivity contribution in [1.82, 2.24) is 5.32 Å². The van der Waals surface area contributed by atoms with Crippen LogP contribution in [0, 0.1) is 29.1 Å². The van der Waals surface area contributed by atoms with Crippen LogP contribution in [0.5, 0.6) is 0 Å². The van der Waals surface area contributed by atoms with Crippen molar-refractivity contribution in [3.8, 4) is 0 Å². The van der Waals surface area contributed by atoms with E-state index in [9.17, 15) is 4.79 Å². The van der Waals surface area contributed by atoms with Crippen LogP contribution in [-0.2, 0) is 9.53 Å². The molecule has 4 aliphatic rings. The normalized spacial score (nSPS) is 52.8. The number of hydrogen-bond donors (Lipinski definition) is 1. The number of rotatable bonds is 1. The Labute approximate surface area is 140 Å². The third-order valence-electron chi connectivity index (χ3n) is 8.45. The maximum Gasteiger partial charge on any atom is 0.220 e. The van der Waals surface area contributed by atoms with E-state index in [4.69, 9.17) is 4.74 Å². The first-order valence-corrected chi connectivity index (χ1v) is 9.80. The Kier molecular flexibility index (Phi) is 3.79. The van der Waals surface area contributed by atoms with Gasteiger partial charge in [-0.15, -0.1) is 0 Å². The fraction of sp³-hybridized carbons (Fsp3) is 0.950. The van der Waals surface area contributed by atoms with Crippen LogP contribution in [0.3, 0.4) is 0 Å². The third kappa shape index (κ3) is 2.37. The van der Waals surface area contributed by atoms with Gasteiger partial charge in [0.2, 0.25) is 5.91 Å². The molecule has 0 aromatic carbocycles. The average molecular weight is 319 g/mol. The molecule has 4 rings (SSSR count). The second-order valence-corrected chi connectivity index (χ2v) is 9.33. The summed E-state index contributed by atoms with van der Waals surface area (Å²) in [6, 6.07) is 0. The minimum atomic E-state index is 0.0728. The minimum Gasteiger partial charge on any atom is -0.381 e. The van der Waals surface area contributed by atoms with Crippen molar-refractivity contribution in [2.75, 3.05) is 7.11 Å². The molecule has 3 nitrogen and oxygen atoms in total. The summed E-state index contributed by atoms with van der Waals surface area (Å²) in [5.41, 5.74) is 0.587. The Balaban J connectivity index is 1.58. The molecule has 0 bridgehead atoms. The zero-order valence-electron chi connectivity index (χ0n) is 15.1. The number of carbonyl (C=O) groups excluding carboxylic acids is 1. The van der Waals surface area contributed by atoms with Gasteiger partial charge in [-0.1, -0.05) is 6.92 Å². The lowest BCUT2D eigenvalue weighted by atomic mass is 9.45. The summed E-state index contributed by atoms with van der Waals surface area (Å²) in [6.45, 7) is 4.91. The van der Waals surface area contributed by atoms with Crippen LogP contribution < -0.4 is 5.32 Å². The topological polar surface area (TPSA) is 38.3 Å². The van der Waals surface area contributed by atoms with Gasteiger partial charge in [-0.05, 0) is 87.4 Å². The molecule has 23 heavy (non-hydrogen) atoms. The number of ether oxygens (including phenoxy) is 1. The molecule has 0 radical (unpaired) electrons. The van der Waals surface area contributed by atoms with Gasteiger partial charge in [0.15, 0.2) is 0 Å². The molecular weight excluding hydrogens is 286 g/mol. The Morgan fingerprint density at radius 2 is 1.87 bits per heavy atom. The molecule has 3 saturated carbocycles. The zero-order chi connectivity index (χ0) is 16.2. The van der Waals surface area contributed by atoms with Gasteiger partial charge in [0.05, 0.1) is 6.10 Å². The monoisotopic (exact) mass is 319 g/mol. The van der Waals surface area contributed by atoms with E-state index in [2.05, 4.69) is 19.2 Å². The van der Waals surface area contributed by atoms with Gasteiger partial charge >= 0.3 is 0 Å². The van der Waals surface area contributed by atoms with Gasteiger partial charge in [0.25, 0.3) is 0 Å². The van der Waals surface area contributed by atoms with Gasteiger partial charge in [0.1, 0.15) is 0 Å². The highest BCUT2D eigenvalue weighted by atomic mass is 16.5. The van der Waals surface area contributed by atoms with Crippen molar-refractivity contribution in [3.63, 3.8) is 0 Å². The number of hydrogen-bond acceptors (Lipinski definition) is 2. The SMILES string of the molecule is COC1CCC2(C)C(CCC3C4CCC(=O)NC4(C)CCC32)C1. The van der Waals surface area contributed by atoms with Crippen molar-refractivity contribution in [3.05, 3.63) is 0 Å². The second kappa shape index (κ2) is 5.47. The molecule has 1 heterocycles. The molecule has 4 fully saturated rings. The Bertz CT molecular complexity index is 492. The van der Waals surface area contributed by atoms with E-state index in [1.807, 2.05) is 7.11 Å². The highest BCUT2D eigenvalue weighted by molar-refractivity contribution is 5.77. The van der Waals surface area contributed by atoms with E-state index >= 15 is 0 Å². The van der Waals surface area contributed by atoms with Crippen LogP contribution in [0.15, 0.2) is 0 Å². The van der Waals surface area contributed by atoms with Crippen LogP contribution in [0.1, 0.15) is 71.6 Å². The number of carbonyl (C=O) groups is 1. The summed E-state index contributed by atoms with van der Waals surface area (Å²) < 4.78 is 5.69. The van der Waals surface area contributed by atoms with Gasteiger partial charge in [-0.25, -0.2) is 0 Å². The third-order valence-corrected chi connectivity index (χ3v) is 8.45. The Morgan fingerprint density at radius 3 is 2.65 bits per heavy atom. The van der Waals surface area contributed by atoms with Crippen LogP contribution in [0.4, 0.5) is 0 Å². The molecule has 130 valence electrons. The molecule has 7 unspecified atom stereocenters. The van der Waals surface area contributed by atoms with E-state index in [0.717, 1.165) is 30.6 Å². The summed E-state index contributed by atoms with van der Waals surface area (Å²) in [5, 5.41) is 3.37. The highest BCUT2D eigenvalue weighted by Gasteiger charge is 2.57. The maximum absolute atomic E-state index is 11.9. The highest BCUT2D eigenvalue weighted by Crippen LogP contribution is 2.62. The number of amides is 1. The first kappa shape index (κ1) is 15.9. The van der Waals surface area contributed by atoms with Crippen LogP contribution in [0.2, 0.25) is 0 Å². The second-order valence-electron chi connectivity index (χ2n) is 9.33. The molecule has 7 atom stereocenters. The van der Waals surface area contributed by atoms with Crippen molar-refractivity contribution in [2.24, 2.45) is 29.1 Å². The molecule has 1 N–H and O–H groups in total. The number of methoxy groups -OCH3 is 1. The largest absolute Gasteiger partial charge is 0.381 e. The van der Waals surface area contributed by atoms with Gasteiger partial charge < -0.3 is 10.1 Å². The number of nitrogens with one attached hydrogen (secondary N) is 1. The Hall–Kier alpha value is -0.570. The maximum atomic E-state index is 11.9. The fourth-order valence-corrected chi connectivity index (χ4v) is 7.11. The summed E-state index contributed by atoms with van der Waals surface area (Å²) in [5.74, 6) is 3.53. The molecule has 1 saturated heterocycles. The average Bonchev–Trinajstić information content (AvgIpc) is 2.52. The van der Waals surface area contributed by atoms with E-state index < -0.39 is 0 Å². The van der Waals surface area contributed by atoms with E-state index in [1.54, 1.807) is 0 Å². The van der Waals surface area contributed by atoms with E-state index in [0.29, 0.717) is 17.4 Å². The molecule has 0 aromatic heterocycles. The van der Waals surface area contributed by atoms with E-state index in [1.165, 1.54) is 44.9 Å². The molecule has 1 aliphatic heterocycles. The lowest BCUT2D eigenvalue weighted by Crippen LogP contribution is -2.63. The van der Waals surface area contributed by atoms with Crippen molar-refractivity contribution < 1.29 is 9.53 Å². The summed E-state index contributed by atoms with van der Waals surface area (Å²) in [6.07, 6.45) is 11.4. The molecule has 0 spiro atoms. The lowest BCUT2D eigenvalue weighted by Gasteiger charge is -2.62. The van der Waals surface area contributed by atoms with Crippen LogP contribution >= 0.6 is 0 Å². The minimum absolute atomic E-state index is 0.0728. The number of fused-ring (bicyclic) bond motifs is 5. The summed E-state index contributed by atoms with van der Waals surface area (Å²) in [7, 11) is 1.88. The van der Waals surface area contributed by atoms with Crippen molar-refractivity contribution in [1.29, 1.82) is 0 Å². The van der Waals surface area contributed by atoms with Gasteiger partial charge in [0, 0.05) is 19.1 Å². The fourth-order valence-electron chi connectivity index (χ4n) is 7.11. The molecular formula is C20H33NO2. The van der Waals surface area contributed by atoms with Gasteiger partial charge in [-0.2, -0.15) is 0 Å². The standard InChI is InChI=1S/C20H33NO2/c1-19-10-8-14(23-3)12-13(19)4-5-15-16(19)9-11-20(2)17(15)6-7-18(22)21-20/h13-17H,4-12H2,1-3H3,(H,21,22). The molecule has 0 aromatic rings. The molecule has 1 amide bonds. The van der Waals surface area contributed by atoms with Gasteiger partial charge in [-0.3, -0.25) is 4.79 Å². The summed E-state index contributed by atoms with van der Waals surface area (Å²) >= 11 is 0. The number of piperidine rings is 1. The quantitative estimate of drug-likeness (QED) is 0.795. The van der Waals surface area contributed by atoms with E-state index in [-0.39, 0.29) is 11.4 Å². The smallest absolute Gasteiger partial charge is 0.220 e. The van der Waals surface area contributed by atoms with Crippen molar-refractivity contribution in [2.45, 2.75) is 83.3 Å². The predicted molar refractivity (Wildman–Crippen MR) is 91.0 cm³/mol. The lowest BCUT2D eigenvalue weighted by molar-refractivity contribution is -0.143. The first-order valence-electron chi connectivity index (χ1n) is 9.80. The molecule has 3 aliphatic carbocycles. The summed E-state index contributed by atoms with van der Waals surface area (Å²) in [4.78, 5) is 11.9. The Morgan fingerprint density at radius 1 is 1.04 bits per heavy atom. The van der Waals surface area contributed by atoms with Crippen LogP contribution in [-0.4, -0.2) is 24.7 Å².